The van der Waals surface area contributed by atoms with E-state index in [1.165, 1.54) is 7.05 Å². The second kappa shape index (κ2) is 12.9. The average molecular weight is 601 g/mol. The summed E-state index contributed by atoms with van der Waals surface area (Å²) in [5, 5.41) is 1.91. The van der Waals surface area contributed by atoms with E-state index in [4.69, 9.17) is 0 Å². The van der Waals surface area contributed by atoms with Crippen molar-refractivity contribution in [1.29, 1.82) is 0 Å². The zero-order valence-corrected chi connectivity index (χ0v) is 23.5. The normalized spacial score (nSPS) is 12.7. The Morgan fingerprint density at radius 2 is 1.33 bits per heavy atom. The molecule has 1 atom stereocenters. The number of hydrogen-bond donors (Lipinski definition) is 0. The number of fused-ring (bicyclic) bond motifs is 1. The molecule has 0 saturated carbocycles. The lowest BCUT2D eigenvalue weighted by Crippen LogP contribution is -2.40. The van der Waals surface area contributed by atoms with E-state index in [0.717, 1.165) is 21.2 Å². The molecule has 0 aliphatic carbocycles. The Hall–Kier alpha value is -4.34. The molecule has 0 heterocycles. The maximum atomic E-state index is 13.5. The minimum atomic E-state index is -5.09. The molecule has 10 heteroatoms. The number of anilines is 1. The number of amides is 2. The van der Waals surface area contributed by atoms with Crippen molar-refractivity contribution >= 4 is 28.3 Å². The lowest BCUT2D eigenvalue weighted by Gasteiger charge is -2.30. The minimum Gasteiger partial charge on any atom is -0.338 e. The standard InChI is InChI=1S/C33H30F6N2O2/c1-3-41(28-11-5-4-6-12-28)30(42)16-15-29(18-22-13-14-23-9-7-8-10-24(23)17-22)40(2)31(43)25-19-26(32(34,35)36)21-27(20-25)33(37,38)39/h4-14,17,19-21,29H,3,15-16,18H2,1-2H3. The van der Waals surface area contributed by atoms with Crippen LogP contribution in [0.25, 0.3) is 10.8 Å². The number of hydrogen-bond acceptors (Lipinski definition) is 2. The Kier molecular flexibility index (Phi) is 9.47. The van der Waals surface area contributed by atoms with E-state index >= 15 is 0 Å². The molecule has 0 fully saturated rings. The van der Waals surface area contributed by atoms with Gasteiger partial charge in [0.05, 0.1) is 11.1 Å². The third kappa shape index (κ3) is 7.74. The van der Waals surface area contributed by atoms with Gasteiger partial charge < -0.3 is 9.80 Å². The van der Waals surface area contributed by atoms with E-state index in [1.807, 2.05) is 55.5 Å². The van der Waals surface area contributed by atoms with Gasteiger partial charge in [-0.25, -0.2) is 0 Å². The van der Waals surface area contributed by atoms with Gasteiger partial charge in [0.2, 0.25) is 5.91 Å². The molecule has 4 aromatic rings. The molecule has 0 N–H and O–H groups in total. The molecular formula is C33H30F6N2O2. The topological polar surface area (TPSA) is 40.6 Å². The molecule has 226 valence electrons. The van der Waals surface area contributed by atoms with Gasteiger partial charge in [-0.2, -0.15) is 26.3 Å². The van der Waals surface area contributed by atoms with Gasteiger partial charge in [0.25, 0.3) is 5.91 Å². The highest BCUT2D eigenvalue weighted by molar-refractivity contribution is 5.95. The number of rotatable bonds is 9. The van der Waals surface area contributed by atoms with Crippen LogP contribution in [0, 0.1) is 0 Å². The second-order valence-electron chi connectivity index (χ2n) is 10.3. The lowest BCUT2D eigenvalue weighted by atomic mass is 9.96. The van der Waals surface area contributed by atoms with Crippen molar-refractivity contribution in [3.63, 3.8) is 0 Å². The molecule has 0 spiro atoms. The van der Waals surface area contributed by atoms with E-state index < -0.39 is 41.0 Å². The number of para-hydroxylation sites is 1. The Morgan fingerprint density at radius 3 is 1.91 bits per heavy atom. The van der Waals surface area contributed by atoms with Crippen LogP contribution in [-0.2, 0) is 23.6 Å². The van der Waals surface area contributed by atoms with Crippen LogP contribution in [0.5, 0.6) is 0 Å². The molecule has 0 aliphatic rings. The largest absolute Gasteiger partial charge is 0.416 e. The van der Waals surface area contributed by atoms with Crippen LogP contribution in [0.2, 0.25) is 0 Å². The van der Waals surface area contributed by atoms with Crippen LogP contribution in [0.3, 0.4) is 0 Å². The highest BCUT2D eigenvalue weighted by Crippen LogP contribution is 2.37. The highest BCUT2D eigenvalue weighted by atomic mass is 19.4. The van der Waals surface area contributed by atoms with E-state index in [9.17, 15) is 35.9 Å². The quantitative estimate of drug-likeness (QED) is 0.181. The summed E-state index contributed by atoms with van der Waals surface area (Å²) in [6, 6.07) is 22.4. The predicted molar refractivity (Wildman–Crippen MR) is 154 cm³/mol. The Morgan fingerprint density at radius 1 is 0.744 bits per heavy atom. The molecule has 4 rings (SSSR count). The Balaban J connectivity index is 1.66. The number of benzene rings is 4. The zero-order valence-electron chi connectivity index (χ0n) is 23.5. The van der Waals surface area contributed by atoms with Crippen molar-refractivity contribution in [3.05, 3.63) is 113 Å². The van der Waals surface area contributed by atoms with Crippen molar-refractivity contribution in [2.45, 2.75) is 44.6 Å². The summed E-state index contributed by atoms with van der Waals surface area (Å²) >= 11 is 0. The van der Waals surface area contributed by atoms with Gasteiger partial charge in [0.1, 0.15) is 0 Å². The first-order chi connectivity index (χ1) is 20.3. The molecule has 4 aromatic carbocycles. The summed E-state index contributed by atoms with van der Waals surface area (Å²) in [4.78, 5) is 29.5. The second-order valence-corrected chi connectivity index (χ2v) is 10.3. The van der Waals surface area contributed by atoms with Crippen LogP contribution in [0.15, 0.2) is 91.0 Å². The van der Waals surface area contributed by atoms with Gasteiger partial charge in [-0.15, -0.1) is 0 Å². The number of nitrogens with zero attached hydrogens (tertiary/aromatic N) is 2. The minimum absolute atomic E-state index is 0.00497. The molecule has 0 saturated heterocycles. The number of halogens is 6. The number of carbonyl (C=O) groups excluding carboxylic acids is 2. The fourth-order valence-corrected chi connectivity index (χ4v) is 5.05. The SMILES string of the molecule is CCN(C(=O)CCC(Cc1ccc2ccccc2c1)N(C)C(=O)c1cc(C(F)(F)F)cc(C(F)(F)F)c1)c1ccccc1. The maximum Gasteiger partial charge on any atom is 0.416 e. The van der Waals surface area contributed by atoms with Gasteiger partial charge in [-0.3, -0.25) is 9.59 Å². The fourth-order valence-electron chi connectivity index (χ4n) is 5.05. The van der Waals surface area contributed by atoms with Crippen LogP contribution in [0.4, 0.5) is 32.0 Å². The summed E-state index contributed by atoms with van der Waals surface area (Å²) in [5.74, 6) is -1.23. The molecular weight excluding hydrogens is 570 g/mol. The summed E-state index contributed by atoms with van der Waals surface area (Å²) in [5.41, 5.74) is -2.39. The Labute approximate surface area is 245 Å². The van der Waals surface area contributed by atoms with Crippen LogP contribution in [0.1, 0.15) is 46.8 Å². The fraction of sp³-hybridized carbons (Fsp3) is 0.273. The van der Waals surface area contributed by atoms with Crippen molar-refractivity contribution in [2.75, 3.05) is 18.5 Å². The van der Waals surface area contributed by atoms with Crippen molar-refractivity contribution < 1.29 is 35.9 Å². The smallest absolute Gasteiger partial charge is 0.338 e. The molecule has 1 unspecified atom stereocenters. The van der Waals surface area contributed by atoms with Crippen molar-refractivity contribution in [2.24, 2.45) is 0 Å². The monoisotopic (exact) mass is 600 g/mol. The van der Waals surface area contributed by atoms with Gasteiger partial charge in [0, 0.05) is 37.3 Å². The third-order valence-corrected chi connectivity index (χ3v) is 7.36. The summed E-state index contributed by atoms with van der Waals surface area (Å²) < 4.78 is 81.0. The van der Waals surface area contributed by atoms with E-state index in [1.54, 1.807) is 29.2 Å². The van der Waals surface area contributed by atoms with Crippen LogP contribution in [-0.4, -0.2) is 36.3 Å². The first-order valence-electron chi connectivity index (χ1n) is 13.7. The molecule has 0 radical (unpaired) electrons. The first kappa shape index (κ1) is 31.6. The number of likely N-dealkylation sites (N-methyl/N-ethyl adjacent to an activating group) is 1. The van der Waals surface area contributed by atoms with E-state index in [2.05, 4.69) is 0 Å². The summed E-state index contributed by atoms with van der Waals surface area (Å²) in [6.45, 7) is 2.20. The highest BCUT2D eigenvalue weighted by Gasteiger charge is 2.38. The molecule has 4 nitrogen and oxygen atoms in total. The first-order valence-corrected chi connectivity index (χ1v) is 13.7. The number of carbonyl (C=O) groups is 2. The number of alkyl halides is 6. The van der Waals surface area contributed by atoms with Crippen LogP contribution >= 0.6 is 0 Å². The third-order valence-electron chi connectivity index (χ3n) is 7.36. The lowest BCUT2D eigenvalue weighted by molar-refractivity contribution is -0.143. The average Bonchev–Trinajstić information content (AvgIpc) is 2.98. The maximum absolute atomic E-state index is 13.5. The summed E-state index contributed by atoms with van der Waals surface area (Å²) in [7, 11) is 1.33. The molecule has 0 bridgehead atoms. The summed E-state index contributed by atoms with van der Waals surface area (Å²) in [6.07, 6.45) is -9.83. The molecule has 0 aromatic heterocycles. The van der Waals surface area contributed by atoms with Gasteiger partial charge >= 0.3 is 12.4 Å². The Bertz CT molecular complexity index is 1550. The molecule has 2 amide bonds. The zero-order chi connectivity index (χ0) is 31.4. The van der Waals surface area contributed by atoms with Crippen molar-refractivity contribution in [3.8, 4) is 0 Å². The van der Waals surface area contributed by atoms with Gasteiger partial charge in [0.15, 0.2) is 0 Å². The van der Waals surface area contributed by atoms with E-state index in [-0.39, 0.29) is 31.2 Å². The molecule has 0 aliphatic heterocycles. The van der Waals surface area contributed by atoms with Gasteiger partial charge in [-0.1, -0.05) is 60.7 Å². The predicted octanol–water partition coefficient (Wildman–Crippen LogP) is 8.39. The van der Waals surface area contributed by atoms with Crippen molar-refractivity contribution in [1.82, 2.24) is 4.90 Å². The van der Waals surface area contributed by atoms with E-state index in [0.29, 0.717) is 24.4 Å². The van der Waals surface area contributed by atoms with Crippen LogP contribution < -0.4 is 4.90 Å². The van der Waals surface area contributed by atoms with Gasteiger partial charge in [-0.05, 0) is 66.4 Å². The molecule has 43 heavy (non-hydrogen) atoms.